The monoisotopic (exact) mass is 635 g/mol. The summed E-state index contributed by atoms with van der Waals surface area (Å²) in [6.07, 6.45) is 3.94. The molecule has 45 heavy (non-hydrogen) atoms. The molecule has 3 rings (SSSR count). The molecule has 0 unspecified atom stereocenters. The van der Waals surface area contributed by atoms with Crippen LogP contribution in [0.1, 0.15) is 58.4 Å². The summed E-state index contributed by atoms with van der Waals surface area (Å²) in [6.45, 7) is 6.90. The van der Waals surface area contributed by atoms with Gasteiger partial charge in [-0.3, -0.25) is 19.3 Å². The molecule has 8 N–H and O–H groups in total. The molecule has 13 nitrogen and oxygen atoms in total. The Balaban J connectivity index is 1.78. The predicted octanol–water partition coefficient (Wildman–Crippen LogP) is -0.349. The van der Waals surface area contributed by atoms with E-state index >= 15 is 0 Å². The molecule has 1 saturated heterocycles. The largest absolute Gasteiger partial charge is 0.497 e. The topological polar surface area (TPSA) is 196 Å². The SMILES string of the molecule is COc1ccc(C[C@H](NC(=O)[C@H](C)NC(=O)CN2CCOCC2)C(=O)N[C@@H](CC2CCC(C)CC2)C(O)(O)[C@](C)(O)CN)cc1. The maximum absolute atomic E-state index is 13.9. The maximum atomic E-state index is 13.9. The van der Waals surface area contributed by atoms with E-state index in [1.54, 1.807) is 31.4 Å². The average molecular weight is 636 g/mol. The molecule has 0 spiro atoms. The first-order valence-corrected chi connectivity index (χ1v) is 16.0. The molecule has 0 bridgehead atoms. The summed E-state index contributed by atoms with van der Waals surface area (Å²) >= 11 is 0. The van der Waals surface area contributed by atoms with Crippen LogP contribution in [0.15, 0.2) is 24.3 Å². The summed E-state index contributed by atoms with van der Waals surface area (Å²) in [4.78, 5) is 41.7. The number of carbonyl (C=O) groups is 3. The van der Waals surface area contributed by atoms with E-state index in [-0.39, 0.29) is 31.2 Å². The number of morpholine rings is 1. The van der Waals surface area contributed by atoms with E-state index in [0.717, 1.165) is 25.7 Å². The van der Waals surface area contributed by atoms with Gasteiger partial charge < -0.3 is 46.5 Å². The van der Waals surface area contributed by atoms with Crippen molar-refractivity contribution < 1.29 is 39.2 Å². The Kier molecular flexibility index (Phi) is 13.6. The molecule has 254 valence electrons. The number of nitrogens with two attached hydrogens (primary N) is 1. The number of methoxy groups -OCH3 is 1. The second-order valence-electron chi connectivity index (χ2n) is 12.9. The Morgan fingerprint density at radius 3 is 2.22 bits per heavy atom. The van der Waals surface area contributed by atoms with Crippen molar-refractivity contribution in [3.63, 3.8) is 0 Å². The van der Waals surface area contributed by atoms with Crippen LogP contribution in [0.3, 0.4) is 0 Å². The lowest BCUT2D eigenvalue weighted by molar-refractivity contribution is -0.281. The van der Waals surface area contributed by atoms with Gasteiger partial charge in [-0.1, -0.05) is 44.7 Å². The van der Waals surface area contributed by atoms with Crippen LogP contribution in [0, 0.1) is 11.8 Å². The van der Waals surface area contributed by atoms with Crippen LogP contribution in [-0.4, -0.2) is 114 Å². The van der Waals surface area contributed by atoms with Crippen molar-refractivity contribution in [3.05, 3.63) is 29.8 Å². The van der Waals surface area contributed by atoms with Crippen molar-refractivity contribution in [3.8, 4) is 5.75 Å². The van der Waals surface area contributed by atoms with Gasteiger partial charge in [0.2, 0.25) is 23.5 Å². The minimum absolute atomic E-state index is 0.0703. The third-order valence-electron chi connectivity index (χ3n) is 9.17. The molecule has 3 amide bonds. The normalized spacial score (nSPS) is 22.8. The summed E-state index contributed by atoms with van der Waals surface area (Å²) < 4.78 is 10.5. The molecule has 4 atom stereocenters. The first kappa shape index (κ1) is 36.7. The molecule has 2 fully saturated rings. The zero-order valence-electron chi connectivity index (χ0n) is 27.1. The number of ether oxygens (including phenoxy) is 2. The number of rotatable bonds is 15. The van der Waals surface area contributed by atoms with Crippen molar-refractivity contribution in [1.29, 1.82) is 0 Å². The van der Waals surface area contributed by atoms with Gasteiger partial charge in [0.05, 0.1) is 32.9 Å². The molecule has 1 aromatic carbocycles. The van der Waals surface area contributed by atoms with E-state index in [4.69, 9.17) is 15.2 Å². The molecule has 1 aliphatic heterocycles. The van der Waals surface area contributed by atoms with Crippen LogP contribution in [0.25, 0.3) is 0 Å². The van der Waals surface area contributed by atoms with Gasteiger partial charge in [-0.25, -0.2) is 0 Å². The first-order chi connectivity index (χ1) is 21.2. The third kappa shape index (κ3) is 10.6. The van der Waals surface area contributed by atoms with Crippen LogP contribution in [0.2, 0.25) is 0 Å². The highest BCUT2D eigenvalue weighted by molar-refractivity contribution is 5.92. The minimum Gasteiger partial charge on any atom is -0.497 e. The number of carbonyl (C=O) groups excluding carboxylic acids is 3. The Morgan fingerprint density at radius 2 is 1.64 bits per heavy atom. The summed E-state index contributed by atoms with van der Waals surface area (Å²) in [6, 6.07) is 3.64. The molecule has 1 aliphatic carbocycles. The fourth-order valence-electron chi connectivity index (χ4n) is 5.84. The van der Waals surface area contributed by atoms with E-state index in [0.29, 0.717) is 43.5 Å². The fourth-order valence-corrected chi connectivity index (χ4v) is 5.84. The van der Waals surface area contributed by atoms with Gasteiger partial charge >= 0.3 is 0 Å². The molecule has 1 aromatic rings. The zero-order valence-corrected chi connectivity index (χ0v) is 27.1. The molecular formula is C32H53N5O8. The second-order valence-corrected chi connectivity index (χ2v) is 12.9. The highest BCUT2D eigenvalue weighted by Crippen LogP contribution is 2.34. The van der Waals surface area contributed by atoms with Crippen molar-refractivity contribution in [2.24, 2.45) is 17.6 Å². The van der Waals surface area contributed by atoms with Gasteiger partial charge in [-0.2, -0.15) is 0 Å². The number of aliphatic hydroxyl groups is 3. The predicted molar refractivity (Wildman–Crippen MR) is 168 cm³/mol. The van der Waals surface area contributed by atoms with Gasteiger partial charge in [0.1, 0.15) is 23.4 Å². The molecule has 2 aliphatic rings. The summed E-state index contributed by atoms with van der Waals surface area (Å²) in [7, 11) is 1.54. The highest BCUT2D eigenvalue weighted by atomic mass is 16.5. The second kappa shape index (κ2) is 16.7. The van der Waals surface area contributed by atoms with Gasteiger partial charge in [0.25, 0.3) is 0 Å². The lowest BCUT2D eigenvalue weighted by atomic mass is 9.76. The van der Waals surface area contributed by atoms with Crippen LogP contribution < -0.4 is 26.4 Å². The Bertz CT molecular complexity index is 1100. The third-order valence-corrected chi connectivity index (χ3v) is 9.17. The smallest absolute Gasteiger partial charge is 0.243 e. The van der Waals surface area contributed by atoms with Crippen LogP contribution in [-0.2, 0) is 25.5 Å². The lowest BCUT2D eigenvalue weighted by Gasteiger charge is -2.43. The van der Waals surface area contributed by atoms with Gasteiger partial charge in [0.15, 0.2) is 0 Å². The number of nitrogens with zero attached hydrogens (tertiary/aromatic N) is 1. The van der Waals surface area contributed by atoms with Gasteiger partial charge in [0, 0.05) is 26.1 Å². The van der Waals surface area contributed by atoms with Gasteiger partial charge in [-0.05, 0) is 49.8 Å². The Hall–Kier alpha value is -2.81. The van der Waals surface area contributed by atoms with Crippen molar-refractivity contribution in [2.45, 2.75) is 88.8 Å². The van der Waals surface area contributed by atoms with Crippen LogP contribution in [0.4, 0.5) is 0 Å². The molecule has 1 saturated carbocycles. The number of nitrogens with one attached hydrogen (secondary N) is 3. The fraction of sp³-hybridized carbons (Fsp3) is 0.719. The Labute approximate surface area is 266 Å². The molecule has 1 heterocycles. The molecular weight excluding hydrogens is 582 g/mol. The number of amides is 3. The minimum atomic E-state index is -2.75. The van der Waals surface area contributed by atoms with E-state index < -0.39 is 47.9 Å². The van der Waals surface area contributed by atoms with E-state index in [1.165, 1.54) is 13.8 Å². The number of benzene rings is 1. The summed E-state index contributed by atoms with van der Waals surface area (Å²) in [5.74, 6) is -3.05. The molecule has 0 radical (unpaired) electrons. The van der Waals surface area contributed by atoms with E-state index in [2.05, 4.69) is 22.9 Å². The van der Waals surface area contributed by atoms with Crippen molar-refractivity contribution >= 4 is 17.7 Å². The van der Waals surface area contributed by atoms with Gasteiger partial charge in [-0.15, -0.1) is 0 Å². The Morgan fingerprint density at radius 1 is 1.02 bits per heavy atom. The maximum Gasteiger partial charge on any atom is 0.243 e. The molecule has 0 aromatic heterocycles. The van der Waals surface area contributed by atoms with E-state index in [1.807, 2.05) is 4.90 Å². The molecule has 13 heteroatoms. The number of hydrogen-bond acceptors (Lipinski definition) is 10. The quantitative estimate of drug-likeness (QED) is 0.125. The highest BCUT2D eigenvalue weighted by Gasteiger charge is 2.51. The van der Waals surface area contributed by atoms with Crippen LogP contribution >= 0.6 is 0 Å². The van der Waals surface area contributed by atoms with Crippen LogP contribution in [0.5, 0.6) is 5.75 Å². The summed E-state index contributed by atoms with van der Waals surface area (Å²) in [5, 5.41) is 41.4. The average Bonchev–Trinajstić information content (AvgIpc) is 3.01. The lowest BCUT2D eigenvalue weighted by Crippen LogP contribution is -2.68. The summed E-state index contributed by atoms with van der Waals surface area (Å²) in [5.41, 5.74) is 4.29. The zero-order chi connectivity index (χ0) is 33.2. The van der Waals surface area contributed by atoms with Crippen molar-refractivity contribution in [1.82, 2.24) is 20.9 Å². The standard InChI is InChI=1S/C32H53N5O8/c1-21-5-7-24(8-6-21)18-27(32(42,43)31(3,41)20-33)36-30(40)26(17-23-9-11-25(44-4)12-10-23)35-29(39)22(2)34-28(38)19-37-13-15-45-16-14-37/h9-12,21-22,24,26-27,41-43H,5-8,13-20,33H2,1-4H3,(H,34,38)(H,35,39)(H,36,40)/t21?,22-,24?,26-,27-,31+/m0/s1. The first-order valence-electron chi connectivity index (χ1n) is 16.0. The van der Waals surface area contributed by atoms with Crippen molar-refractivity contribution in [2.75, 3.05) is 46.5 Å². The number of hydrogen-bond donors (Lipinski definition) is 7. The van der Waals surface area contributed by atoms with E-state index in [9.17, 15) is 29.7 Å².